The summed E-state index contributed by atoms with van der Waals surface area (Å²) in [5.41, 5.74) is 0.960. The quantitative estimate of drug-likeness (QED) is 0.196. The van der Waals surface area contributed by atoms with Crippen molar-refractivity contribution in [3.63, 3.8) is 0 Å². The van der Waals surface area contributed by atoms with E-state index < -0.39 is 54.2 Å². The summed E-state index contributed by atoms with van der Waals surface area (Å²) < 4.78 is 15.3. The average Bonchev–Trinajstić information content (AvgIpc) is 3.52. The fraction of sp³-hybridized carbons (Fsp3) is 0.342. The van der Waals surface area contributed by atoms with E-state index in [2.05, 4.69) is 20.9 Å². The van der Waals surface area contributed by atoms with E-state index in [-0.39, 0.29) is 41.4 Å². The molecule has 5 N–H and O–H groups in total. The lowest BCUT2D eigenvalue weighted by molar-refractivity contribution is -0.140. The zero-order valence-electron chi connectivity index (χ0n) is 28.7. The maximum absolute atomic E-state index is 15.3. The van der Waals surface area contributed by atoms with E-state index in [1.807, 2.05) is 4.90 Å². The Bertz CT molecular complexity index is 1950. The number of hydrogen-bond donors (Lipinski definition) is 5. The summed E-state index contributed by atoms with van der Waals surface area (Å²) in [6, 6.07) is 15.8. The summed E-state index contributed by atoms with van der Waals surface area (Å²) in [5, 5.41) is 25.7. The molecular formula is C38H39FN6O8. The molecule has 53 heavy (non-hydrogen) atoms. The highest BCUT2D eigenvalue weighted by Gasteiger charge is 2.37. The number of aliphatic imine (C=N–C) groups is 1. The predicted octanol–water partition coefficient (Wildman–Crippen LogP) is 3.85. The zero-order valence-corrected chi connectivity index (χ0v) is 28.7. The van der Waals surface area contributed by atoms with Gasteiger partial charge in [-0.1, -0.05) is 36.4 Å². The first kappa shape index (κ1) is 36.7. The van der Waals surface area contributed by atoms with Gasteiger partial charge in [0.05, 0.1) is 11.4 Å². The summed E-state index contributed by atoms with van der Waals surface area (Å²) in [7, 11) is 0. The van der Waals surface area contributed by atoms with Crippen LogP contribution in [0, 0.1) is 17.7 Å². The molecule has 2 bridgehead atoms. The number of halogens is 1. The number of urea groups is 1. The number of benzodiazepines with no additional fused rings is 1. The normalized spacial score (nSPS) is 19.9. The summed E-state index contributed by atoms with van der Waals surface area (Å²) in [6.07, 6.45) is 1.81. The summed E-state index contributed by atoms with van der Waals surface area (Å²) in [6.45, 7) is 0.892. The van der Waals surface area contributed by atoms with E-state index in [9.17, 15) is 33.9 Å². The van der Waals surface area contributed by atoms with E-state index in [1.165, 1.54) is 47.4 Å². The molecule has 3 aromatic rings. The van der Waals surface area contributed by atoms with Crippen LogP contribution < -0.4 is 20.9 Å². The SMILES string of the molecule is O=C(O)CCC(NC(=O)c1cccc(NC(=O)NC2N=C(c3ccccc3F)c3ccccc3N(CC(=O)N3CC4CCC(CC4)C3)C2=O)c1)C(=O)O. The fourth-order valence-electron chi connectivity index (χ4n) is 7.08. The van der Waals surface area contributed by atoms with Crippen molar-refractivity contribution in [1.29, 1.82) is 0 Å². The topological polar surface area (TPSA) is 198 Å². The minimum Gasteiger partial charge on any atom is -0.481 e. The molecule has 276 valence electrons. The summed E-state index contributed by atoms with van der Waals surface area (Å²) >= 11 is 0. The first-order chi connectivity index (χ1) is 25.5. The van der Waals surface area contributed by atoms with Crippen molar-refractivity contribution >= 4 is 52.8 Å². The number of para-hydroxylation sites is 1. The van der Waals surface area contributed by atoms with Crippen molar-refractivity contribution in [2.24, 2.45) is 16.8 Å². The molecule has 1 aliphatic carbocycles. The molecule has 0 aromatic heterocycles. The van der Waals surface area contributed by atoms with Gasteiger partial charge in [-0.05, 0) is 80.3 Å². The van der Waals surface area contributed by atoms with Crippen molar-refractivity contribution in [3.05, 3.63) is 95.3 Å². The number of rotatable bonds is 11. The number of hydrogen-bond acceptors (Lipinski definition) is 7. The third-order valence-electron chi connectivity index (χ3n) is 9.81. The van der Waals surface area contributed by atoms with Crippen LogP contribution in [0.2, 0.25) is 0 Å². The second-order valence-corrected chi connectivity index (χ2v) is 13.5. The highest BCUT2D eigenvalue weighted by Crippen LogP contribution is 2.35. The molecule has 3 aliphatic heterocycles. The minimum absolute atomic E-state index is 0.0307. The molecule has 2 unspecified atom stereocenters. The number of carboxylic acids is 2. The van der Waals surface area contributed by atoms with Gasteiger partial charge in [0.2, 0.25) is 12.1 Å². The van der Waals surface area contributed by atoms with Crippen molar-refractivity contribution < 1.29 is 43.4 Å². The maximum atomic E-state index is 15.3. The molecule has 2 atom stereocenters. The van der Waals surface area contributed by atoms with Crippen LogP contribution in [0.25, 0.3) is 0 Å². The van der Waals surface area contributed by atoms with Gasteiger partial charge in [-0.15, -0.1) is 0 Å². The van der Waals surface area contributed by atoms with Crippen LogP contribution >= 0.6 is 0 Å². The Morgan fingerprint density at radius 3 is 2.19 bits per heavy atom. The van der Waals surface area contributed by atoms with E-state index in [0.717, 1.165) is 25.7 Å². The van der Waals surface area contributed by atoms with Crippen LogP contribution in [0.1, 0.15) is 60.0 Å². The second kappa shape index (κ2) is 16.0. The predicted molar refractivity (Wildman–Crippen MR) is 191 cm³/mol. The van der Waals surface area contributed by atoms with Crippen molar-refractivity contribution in [2.45, 2.75) is 50.7 Å². The lowest BCUT2D eigenvalue weighted by atomic mass is 9.84. The van der Waals surface area contributed by atoms with Gasteiger partial charge in [-0.25, -0.2) is 19.0 Å². The molecule has 3 aromatic carbocycles. The molecule has 3 fully saturated rings. The van der Waals surface area contributed by atoms with Crippen LogP contribution in [0.4, 0.5) is 20.6 Å². The van der Waals surface area contributed by atoms with Crippen molar-refractivity contribution in [1.82, 2.24) is 15.5 Å². The van der Waals surface area contributed by atoms with E-state index in [0.29, 0.717) is 36.2 Å². The fourth-order valence-corrected chi connectivity index (χ4v) is 7.08. The van der Waals surface area contributed by atoms with Gasteiger partial charge in [0.1, 0.15) is 18.4 Å². The standard InChI is InChI=1S/C38H39FN6O8/c39-28-10-3-1-8-26(28)33-27-9-2-4-11-30(27)45(21-31(46)44-19-22-12-13-23(20-44)15-14-22)36(50)34(42-33)43-38(53)40-25-7-5-6-24(18-25)35(49)41-29(37(51)52)16-17-32(47)48/h1-11,18,22-23,29,34H,12-17,19-21H2,(H,41,49)(H,47,48)(H,51,52)(H2,40,43,53). The largest absolute Gasteiger partial charge is 0.481 e. The number of fused-ring (bicyclic) bond motifs is 5. The Morgan fingerprint density at radius 1 is 0.868 bits per heavy atom. The van der Waals surface area contributed by atoms with Gasteiger partial charge in [-0.2, -0.15) is 0 Å². The molecule has 4 aliphatic rings. The molecule has 5 amide bonds. The number of nitrogens with one attached hydrogen (secondary N) is 3. The highest BCUT2D eigenvalue weighted by molar-refractivity contribution is 6.21. The van der Waals surface area contributed by atoms with Crippen LogP contribution in [-0.4, -0.2) is 88.4 Å². The lowest BCUT2D eigenvalue weighted by Crippen LogP contribution is -2.52. The Labute approximate surface area is 304 Å². The van der Waals surface area contributed by atoms with Crippen LogP contribution in [0.3, 0.4) is 0 Å². The third-order valence-corrected chi connectivity index (χ3v) is 9.81. The Morgan fingerprint density at radius 2 is 1.53 bits per heavy atom. The molecule has 14 nitrogen and oxygen atoms in total. The minimum atomic E-state index is -1.61. The molecule has 0 spiro atoms. The Kier molecular flexibility index (Phi) is 11.1. The molecule has 0 radical (unpaired) electrons. The molecule has 2 saturated heterocycles. The van der Waals surface area contributed by atoms with Gasteiger partial charge < -0.3 is 31.1 Å². The average molecular weight is 727 g/mol. The van der Waals surface area contributed by atoms with Crippen molar-refractivity contribution in [2.75, 3.05) is 29.9 Å². The van der Waals surface area contributed by atoms with Crippen LogP contribution in [0.15, 0.2) is 77.8 Å². The number of nitrogens with zero attached hydrogens (tertiary/aromatic N) is 3. The Balaban J connectivity index is 1.26. The number of benzene rings is 3. The van der Waals surface area contributed by atoms with Crippen LogP contribution in [-0.2, 0) is 19.2 Å². The molecule has 1 saturated carbocycles. The molecule has 3 heterocycles. The van der Waals surface area contributed by atoms with Gasteiger partial charge in [0.15, 0.2) is 0 Å². The number of carbonyl (C=O) groups is 6. The van der Waals surface area contributed by atoms with Gasteiger partial charge in [0.25, 0.3) is 11.8 Å². The number of carboxylic acid groups (broad SMARTS) is 2. The Hall–Kier alpha value is -6.12. The number of aliphatic carboxylic acids is 2. The molecule has 7 rings (SSSR count). The van der Waals surface area contributed by atoms with Gasteiger partial charge in [0, 0.05) is 41.9 Å². The monoisotopic (exact) mass is 726 g/mol. The zero-order chi connectivity index (χ0) is 37.6. The molecule has 15 heteroatoms. The first-order valence-electron chi connectivity index (χ1n) is 17.4. The van der Waals surface area contributed by atoms with E-state index >= 15 is 4.39 Å². The van der Waals surface area contributed by atoms with E-state index in [1.54, 1.807) is 30.3 Å². The third kappa shape index (κ3) is 8.68. The smallest absolute Gasteiger partial charge is 0.326 e. The lowest BCUT2D eigenvalue weighted by Gasteiger charge is -2.29. The number of amides is 5. The van der Waals surface area contributed by atoms with E-state index in [4.69, 9.17) is 5.11 Å². The molecular weight excluding hydrogens is 687 g/mol. The van der Waals surface area contributed by atoms with Gasteiger partial charge >= 0.3 is 18.0 Å². The number of carbonyl (C=O) groups excluding carboxylic acids is 4. The van der Waals surface area contributed by atoms with Crippen molar-refractivity contribution in [3.8, 4) is 0 Å². The summed E-state index contributed by atoms with van der Waals surface area (Å²) in [4.78, 5) is 84.8. The van der Waals surface area contributed by atoms with Crippen LogP contribution in [0.5, 0.6) is 0 Å². The first-order valence-corrected chi connectivity index (χ1v) is 17.4. The van der Waals surface area contributed by atoms with Gasteiger partial charge in [-0.3, -0.25) is 24.1 Å². The number of anilines is 2. The maximum Gasteiger partial charge on any atom is 0.326 e. The second-order valence-electron chi connectivity index (χ2n) is 13.5. The summed E-state index contributed by atoms with van der Waals surface area (Å²) in [5.74, 6) is -4.22. The highest BCUT2D eigenvalue weighted by atomic mass is 19.1.